The quantitative estimate of drug-likeness (QED) is 0.253. The Bertz CT molecular complexity index is 1890. The van der Waals surface area contributed by atoms with Crippen LogP contribution < -0.4 is 0 Å². The van der Waals surface area contributed by atoms with Crippen molar-refractivity contribution in [3.63, 3.8) is 0 Å². The van der Waals surface area contributed by atoms with Crippen LogP contribution in [0, 0.1) is 0 Å². The molecule has 0 atom stereocenters. The molecule has 4 heteroatoms. The molecule has 4 nitrogen and oxygen atoms in total. The van der Waals surface area contributed by atoms with Gasteiger partial charge < -0.3 is 0 Å². The van der Waals surface area contributed by atoms with Crippen LogP contribution in [0.25, 0.3) is 66.6 Å². The van der Waals surface area contributed by atoms with Gasteiger partial charge in [-0.15, -0.1) is 0 Å². The number of hydrogen-bond acceptors (Lipinski definition) is 4. The van der Waals surface area contributed by atoms with Crippen molar-refractivity contribution in [3.05, 3.63) is 121 Å². The number of fused-ring (bicyclic) bond motifs is 4. The maximum atomic E-state index is 5.03. The van der Waals surface area contributed by atoms with E-state index < -0.39 is 0 Å². The van der Waals surface area contributed by atoms with E-state index in [1.165, 1.54) is 0 Å². The number of para-hydroxylation sites is 1. The van der Waals surface area contributed by atoms with E-state index in [2.05, 4.69) is 71.7 Å². The molecule has 0 radical (unpaired) electrons. The van der Waals surface area contributed by atoms with Gasteiger partial charge in [-0.1, -0.05) is 91.0 Å². The summed E-state index contributed by atoms with van der Waals surface area (Å²) in [5.41, 5.74) is 7.61. The fourth-order valence-electron chi connectivity index (χ4n) is 4.72. The highest BCUT2D eigenvalue weighted by Gasteiger charge is 2.13. The Balaban J connectivity index is 1.39. The molecule has 0 bridgehead atoms. The van der Waals surface area contributed by atoms with Crippen LogP contribution >= 0.6 is 0 Å². The highest BCUT2D eigenvalue weighted by atomic mass is 14.9. The molecule has 7 rings (SSSR count). The molecule has 0 saturated carbocycles. The van der Waals surface area contributed by atoms with E-state index in [1.54, 1.807) is 0 Å². The number of nitrogens with zero attached hydrogens (tertiary/aromatic N) is 4. The molecular formula is C32H20N4. The molecule has 3 aromatic heterocycles. The van der Waals surface area contributed by atoms with Gasteiger partial charge in [0, 0.05) is 39.0 Å². The average Bonchev–Trinajstić information content (AvgIpc) is 2.97. The van der Waals surface area contributed by atoms with Crippen molar-refractivity contribution in [1.82, 2.24) is 19.9 Å². The first-order valence-electron chi connectivity index (χ1n) is 11.9. The summed E-state index contributed by atoms with van der Waals surface area (Å²) in [7, 11) is 0. The van der Waals surface area contributed by atoms with Crippen molar-refractivity contribution in [2.45, 2.75) is 0 Å². The zero-order chi connectivity index (χ0) is 23.9. The summed E-state index contributed by atoms with van der Waals surface area (Å²) in [4.78, 5) is 19.6. The van der Waals surface area contributed by atoms with Gasteiger partial charge in [0.1, 0.15) is 0 Å². The molecule has 0 N–H and O–H groups in total. The van der Waals surface area contributed by atoms with Gasteiger partial charge in [-0.3, -0.25) is 4.98 Å². The number of rotatable bonds is 3. The summed E-state index contributed by atoms with van der Waals surface area (Å²) in [5.74, 6) is 0.697. The van der Waals surface area contributed by atoms with Crippen LogP contribution in [0.15, 0.2) is 121 Å². The maximum Gasteiger partial charge on any atom is 0.160 e. The molecule has 0 saturated heterocycles. The molecule has 0 aliphatic carbocycles. The van der Waals surface area contributed by atoms with E-state index in [-0.39, 0.29) is 0 Å². The summed E-state index contributed by atoms with van der Waals surface area (Å²) < 4.78 is 0. The van der Waals surface area contributed by atoms with Crippen molar-refractivity contribution in [2.24, 2.45) is 0 Å². The van der Waals surface area contributed by atoms with Gasteiger partial charge in [0.2, 0.25) is 0 Å². The Morgan fingerprint density at radius 1 is 0.472 bits per heavy atom. The lowest BCUT2D eigenvalue weighted by atomic mass is 10.0. The predicted octanol–water partition coefficient (Wildman–Crippen LogP) is 7.73. The van der Waals surface area contributed by atoms with Crippen molar-refractivity contribution >= 4 is 32.7 Å². The third-order valence-electron chi connectivity index (χ3n) is 6.50. The summed E-state index contributed by atoms with van der Waals surface area (Å²) in [6.07, 6.45) is 1.82. The van der Waals surface area contributed by atoms with Crippen molar-refractivity contribution in [2.75, 3.05) is 0 Å². The summed E-state index contributed by atoms with van der Waals surface area (Å²) in [5, 5.41) is 3.20. The number of pyridine rings is 2. The van der Waals surface area contributed by atoms with Crippen LogP contribution in [-0.2, 0) is 0 Å². The smallest absolute Gasteiger partial charge is 0.160 e. The number of aromatic nitrogens is 4. The van der Waals surface area contributed by atoms with Crippen LogP contribution in [0.1, 0.15) is 0 Å². The van der Waals surface area contributed by atoms with E-state index in [1.807, 2.05) is 54.7 Å². The van der Waals surface area contributed by atoms with E-state index >= 15 is 0 Å². The minimum Gasteiger partial charge on any atom is -0.254 e. The Morgan fingerprint density at radius 3 is 2.14 bits per heavy atom. The third-order valence-corrected chi connectivity index (χ3v) is 6.50. The lowest BCUT2D eigenvalue weighted by Crippen LogP contribution is -1.95. The van der Waals surface area contributed by atoms with Gasteiger partial charge in [0.05, 0.1) is 27.9 Å². The largest absolute Gasteiger partial charge is 0.254 e. The van der Waals surface area contributed by atoms with Gasteiger partial charge in [0.15, 0.2) is 5.82 Å². The standard InChI is InChI=1S/C32H20N4/c1-2-8-21(9-3-1)29-26-13-4-5-14-28(26)35-32(36-29)25-11-6-10-24(20-25)27-18-17-23-16-15-22-12-7-19-33-30(22)31(23)34-27/h1-20H. The molecule has 36 heavy (non-hydrogen) atoms. The topological polar surface area (TPSA) is 51.6 Å². The molecule has 0 aliphatic rings. The van der Waals surface area contributed by atoms with Crippen molar-refractivity contribution in [3.8, 4) is 33.9 Å². The monoisotopic (exact) mass is 460 g/mol. The first-order valence-corrected chi connectivity index (χ1v) is 11.9. The second-order valence-corrected chi connectivity index (χ2v) is 8.77. The molecule has 0 unspecified atom stereocenters. The molecule has 168 valence electrons. The van der Waals surface area contributed by atoms with Crippen LogP contribution in [0.3, 0.4) is 0 Å². The number of benzene rings is 4. The third kappa shape index (κ3) is 3.48. The second-order valence-electron chi connectivity index (χ2n) is 8.77. The van der Waals surface area contributed by atoms with E-state index in [0.29, 0.717) is 5.82 Å². The van der Waals surface area contributed by atoms with Gasteiger partial charge in [-0.05, 0) is 24.3 Å². The predicted molar refractivity (Wildman–Crippen MR) is 146 cm³/mol. The lowest BCUT2D eigenvalue weighted by molar-refractivity contribution is 1.23. The average molecular weight is 461 g/mol. The van der Waals surface area contributed by atoms with Crippen LogP contribution in [-0.4, -0.2) is 19.9 Å². The molecule has 7 aromatic rings. The van der Waals surface area contributed by atoms with Crippen LogP contribution in [0.2, 0.25) is 0 Å². The fourth-order valence-corrected chi connectivity index (χ4v) is 4.72. The van der Waals surface area contributed by atoms with Crippen LogP contribution in [0.5, 0.6) is 0 Å². The number of hydrogen-bond donors (Lipinski definition) is 0. The van der Waals surface area contributed by atoms with Gasteiger partial charge in [-0.2, -0.15) is 0 Å². The minimum absolute atomic E-state index is 0.697. The Labute approximate surface area is 208 Å². The molecule has 0 amide bonds. The van der Waals surface area contributed by atoms with Gasteiger partial charge in [-0.25, -0.2) is 15.0 Å². The molecular weight excluding hydrogens is 440 g/mol. The second kappa shape index (κ2) is 8.36. The highest BCUT2D eigenvalue weighted by molar-refractivity contribution is 6.03. The van der Waals surface area contributed by atoms with Gasteiger partial charge >= 0.3 is 0 Å². The minimum atomic E-state index is 0.697. The fraction of sp³-hybridized carbons (Fsp3) is 0. The zero-order valence-corrected chi connectivity index (χ0v) is 19.3. The van der Waals surface area contributed by atoms with E-state index in [9.17, 15) is 0 Å². The van der Waals surface area contributed by atoms with E-state index in [0.717, 1.165) is 60.8 Å². The first kappa shape index (κ1) is 20.4. The first-order chi connectivity index (χ1) is 17.8. The maximum absolute atomic E-state index is 5.03. The Morgan fingerprint density at radius 2 is 1.22 bits per heavy atom. The normalized spacial score (nSPS) is 11.3. The highest BCUT2D eigenvalue weighted by Crippen LogP contribution is 2.31. The summed E-state index contributed by atoms with van der Waals surface area (Å²) in [6.45, 7) is 0. The zero-order valence-electron chi connectivity index (χ0n) is 19.3. The molecule has 0 aliphatic heterocycles. The Kier molecular flexibility index (Phi) is 4.74. The van der Waals surface area contributed by atoms with Gasteiger partial charge in [0.25, 0.3) is 0 Å². The molecule has 0 fully saturated rings. The molecule has 4 aromatic carbocycles. The Hall–Kier alpha value is -4.96. The molecule has 0 spiro atoms. The lowest BCUT2D eigenvalue weighted by Gasteiger charge is -2.10. The molecule has 3 heterocycles. The summed E-state index contributed by atoms with van der Waals surface area (Å²) >= 11 is 0. The van der Waals surface area contributed by atoms with Crippen molar-refractivity contribution < 1.29 is 0 Å². The summed E-state index contributed by atoms with van der Waals surface area (Å²) in [6, 6.07) is 39.1. The van der Waals surface area contributed by atoms with Crippen LogP contribution in [0.4, 0.5) is 0 Å². The van der Waals surface area contributed by atoms with Crippen molar-refractivity contribution in [1.29, 1.82) is 0 Å². The SMILES string of the molecule is c1ccc(-c2nc(-c3cccc(-c4ccc5ccc6cccnc6c5n4)c3)nc3ccccc23)cc1. The van der Waals surface area contributed by atoms with E-state index in [4.69, 9.17) is 15.0 Å².